The first-order chi connectivity index (χ1) is 10.4. The summed E-state index contributed by atoms with van der Waals surface area (Å²) < 4.78 is 0. The Morgan fingerprint density at radius 3 is 2.41 bits per heavy atom. The highest BCUT2D eigenvalue weighted by molar-refractivity contribution is 6.77. The van der Waals surface area contributed by atoms with Gasteiger partial charge in [0, 0.05) is 13.5 Å². The molecule has 0 saturated heterocycles. The monoisotopic (exact) mass is 314 g/mol. The number of Topliss-reactive ketones (excluding diaryl/α,β-unsaturated/α-hetero) is 1. The van der Waals surface area contributed by atoms with Crippen LogP contribution in [0.2, 0.25) is 25.2 Å². The Balaban J connectivity index is 2.14. The van der Waals surface area contributed by atoms with Crippen LogP contribution in [-0.4, -0.2) is 13.9 Å². The topological polar surface area (TPSA) is 17.1 Å². The van der Waals surface area contributed by atoms with Crippen molar-refractivity contribution in [3.8, 4) is 0 Å². The molecule has 3 rings (SSSR count). The molecule has 0 N–H and O–H groups in total. The van der Waals surface area contributed by atoms with E-state index in [0.29, 0.717) is 17.6 Å². The highest BCUT2D eigenvalue weighted by Gasteiger charge is 2.60. The molecule has 0 amide bonds. The maximum atomic E-state index is 12.9. The summed E-state index contributed by atoms with van der Waals surface area (Å²) in [6, 6.07) is 11.0. The van der Waals surface area contributed by atoms with Gasteiger partial charge in [-0.25, -0.2) is 0 Å². The molecule has 1 aromatic rings. The maximum Gasteiger partial charge on any atom is 0.136 e. The van der Waals surface area contributed by atoms with Crippen LogP contribution in [0.4, 0.5) is 0 Å². The smallest absolute Gasteiger partial charge is 0.136 e. The van der Waals surface area contributed by atoms with Crippen LogP contribution in [0.25, 0.3) is 0 Å². The molecule has 2 fully saturated rings. The molecule has 0 heterocycles. The number of rotatable bonds is 3. The lowest BCUT2D eigenvalue weighted by molar-refractivity contribution is -0.131. The van der Waals surface area contributed by atoms with Gasteiger partial charge >= 0.3 is 0 Å². The fourth-order valence-corrected chi connectivity index (χ4v) is 8.02. The van der Waals surface area contributed by atoms with E-state index in [-0.39, 0.29) is 5.41 Å². The predicted molar refractivity (Wildman–Crippen MR) is 96.0 cm³/mol. The van der Waals surface area contributed by atoms with E-state index in [1.807, 2.05) is 6.92 Å². The minimum absolute atomic E-state index is 0.0649. The van der Waals surface area contributed by atoms with Gasteiger partial charge in [0.15, 0.2) is 0 Å². The molecule has 1 aromatic carbocycles. The average Bonchev–Trinajstić information content (AvgIpc) is 2.84. The number of carbonyl (C=O) groups excluding carboxylic acids is 1. The molecule has 0 bridgehead atoms. The Labute approximate surface area is 136 Å². The molecule has 2 saturated carbocycles. The highest BCUT2D eigenvalue weighted by atomic mass is 28.3. The number of hydrogen-bond donors (Lipinski definition) is 0. The number of hydrogen-bond acceptors (Lipinski definition) is 1. The Bertz CT molecular complexity index is 545. The minimum atomic E-state index is -1.30. The summed E-state index contributed by atoms with van der Waals surface area (Å²) in [7, 11) is -1.30. The maximum absolute atomic E-state index is 12.9. The molecule has 2 heteroatoms. The summed E-state index contributed by atoms with van der Waals surface area (Å²) in [6.07, 6.45) is 6.23. The van der Waals surface area contributed by atoms with E-state index in [4.69, 9.17) is 0 Å². The van der Waals surface area contributed by atoms with Crippen molar-refractivity contribution >= 4 is 13.9 Å². The van der Waals surface area contributed by atoms with Gasteiger partial charge in [0.25, 0.3) is 0 Å². The van der Waals surface area contributed by atoms with E-state index in [2.05, 4.69) is 50.0 Å². The van der Waals surface area contributed by atoms with Crippen LogP contribution in [0.1, 0.15) is 50.5 Å². The molecular weight excluding hydrogens is 284 g/mol. The summed E-state index contributed by atoms with van der Waals surface area (Å²) in [5, 5.41) is 0. The van der Waals surface area contributed by atoms with Crippen molar-refractivity contribution in [3.63, 3.8) is 0 Å². The Kier molecular flexibility index (Phi) is 4.09. The molecule has 2 aliphatic carbocycles. The summed E-state index contributed by atoms with van der Waals surface area (Å²) in [4.78, 5) is 12.9. The molecule has 0 aliphatic heterocycles. The first kappa shape index (κ1) is 16.0. The second kappa shape index (κ2) is 5.63. The van der Waals surface area contributed by atoms with Crippen LogP contribution in [0.3, 0.4) is 0 Å². The minimum Gasteiger partial charge on any atom is -0.299 e. The number of fused-ring (bicyclic) bond motifs is 1. The molecule has 22 heavy (non-hydrogen) atoms. The predicted octanol–water partition coefficient (Wildman–Crippen LogP) is 5.65. The quantitative estimate of drug-likeness (QED) is 0.659. The van der Waals surface area contributed by atoms with Crippen LogP contribution in [-0.2, 0) is 4.79 Å². The van der Waals surface area contributed by atoms with Crippen molar-refractivity contribution in [1.82, 2.24) is 0 Å². The van der Waals surface area contributed by atoms with Gasteiger partial charge in [0.2, 0.25) is 0 Å². The molecule has 0 spiro atoms. The Hall–Kier alpha value is -0.893. The number of benzene rings is 1. The normalized spacial score (nSPS) is 35.2. The lowest BCUT2D eigenvalue weighted by atomic mass is 9.60. The lowest BCUT2D eigenvalue weighted by Crippen LogP contribution is -2.42. The lowest BCUT2D eigenvalue weighted by Gasteiger charge is -2.44. The van der Waals surface area contributed by atoms with Gasteiger partial charge in [-0.2, -0.15) is 0 Å². The zero-order valence-corrected chi connectivity index (χ0v) is 15.6. The van der Waals surface area contributed by atoms with E-state index in [9.17, 15) is 4.79 Å². The van der Waals surface area contributed by atoms with Gasteiger partial charge in [0.1, 0.15) is 5.78 Å². The molecule has 0 aromatic heterocycles. The van der Waals surface area contributed by atoms with Crippen LogP contribution < -0.4 is 0 Å². The number of carbonyl (C=O) groups is 1. The third kappa shape index (κ3) is 2.40. The van der Waals surface area contributed by atoms with Crippen molar-refractivity contribution in [1.29, 1.82) is 0 Å². The summed E-state index contributed by atoms with van der Waals surface area (Å²) in [6.45, 7) is 9.37. The third-order valence-electron chi connectivity index (χ3n) is 6.54. The second-order valence-corrected chi connectivity index (χ2v) is 14.1. The fraction of sp³-hybridized carbons (Fsp3) is 0.650. The molecule has 1 nitrogen and oxygen atoms in total. The van der Waals surface area contributed by atoms with Crippen LogP contribution in [0, 0.1) is 11.3 Å². The Morgan fingerprint density at radius 1 is 1.14 bits per heavy atom. The van der Waals surface area contributed by atoms with Crippen molar-refractivity contribution in [2.45, 2.75) is 70.1 Å². The van der Waals surface area contributed by atoms with Crippen LogP contribution >= 0.6 is 0 Å². The third-order valence-corrected chi connectivity index (χ3v) is 9.34. The van der Waals surface area contributed by atoms with Crippen molar-refractivity contribution < 1.29 is 4.79 Å². The zero-order chi connectivity index (χ0) is 16.0. The second-order valence-electron chi connectivity index (χ2n) is 8.64. The average molecular weight is 315 g/mol. The van der Waals surface area contributed by atoms with Crippen LogP contribution in [0.15, 0.2) is 30.3 Å². The fourth-order valence-electron chi connectivity index (χ4n) is 5.54. The van der Waals surface area contributed by atoms with E-state index < -0.39 is 8.07 Å². The molecule has 4 atom stereocenters. The van der Waals surface area contributed by atoms with E-state index in [0.717, 1.165) is 12.0 Å². The van der Waals surface area contributed by atoms with E-state index in [1.165, 1.54) is 31.2 Å². The molecular formula is C20H30OSi. The van der Waals surface area contributed by atoms with Crippen molar-refractivity contribution in [2.24, 2.45) is 11.3 Å². The summed E-state index contributed by atoms with van der Waals surface area (Å²) in [5.74, 6) is 1.55. The first-order valence-electron chi connectivity index (χ1n) is 8.93. The van der Waals surface area contributed by atoms with Crippen molar-refractivity contribution in [3.05, 3.63) is 35.9 Å². The largest absolute Gasteiger partial charge is 0.299 e. The number of ketones is 1. The molecule has 2 aliphatic rings. The zero-order valence-electron chi connectivity index (χ0n) is 14.6. The molecule has 120 valence electrons. The van der Waals surface area contributed by atoms with Gasteiger partial charge in [-0.05, 0) is 49.1 Å². The highest BCUT2D eigenvalue weighted by Crippen LogP contribution is 2.66. The summed E-state index contributed by atoms with van der Waals surface area (Å²) in [5.41, 5.74) is 2.10. The van der Waals surface area contributed by atoms with Gasteiger partial charge in [-0.15, -0.1) is 0 Å². The molecule has 0 unspecified atom stereocenters. The SMILES string of the molecule is CC(=O)[C@]12CCCC[C@H]1C[C@@H]([Si](C)(C)C)[C@H]2c1ccccc1. The van der Waals surface area contributed by atoms with E-state index >= 15 is 0 Å². The molecule has 0 radical (unpaired) electrons. The van der Waals surface area contributed by atoms with Gasteiger partial charge in [-0.1, -0.05) is 62.8 Å². The van der Waals surface area contributed by atoms with E-state index in [1.54, 1.807) is 0 Å². The first-order valence-corrected chi connectivity index (χ1v) is 12.5. The standard InChI is InChI=1S/C20H30OSi/c1-15(21)20-13-9-8-12-17(20)14-18(22(2,3)4)19(20)16-10-6-5-7-11-16/h5-7,10-11,17-19H,8-9,12-14H2,1-4H3/t17-,18+,19+,20+/m0/s1. The summed E-state index contributed by atoms with van der Waals surface area (Å²) >= 11 is 0. The van der Waals surface area contributed by atoms with Crippen LogP contribution in [0.5, 0.6) is 0 Å². The van der Waals surface area contributed by atoms with Gasteiger partial charge < -0.3 is 0 Å². The van der Waals surface area contributed by atoms with Gasteiger partial charge in [0.05, 0.1) is 0 Å². The van der Waals surface area contributed by atoms with Crippen molar-refractivity contribution in [2.75, 3.05) is 0 Å². The Morgan fingerprint density at radius 2 is 1.82 bits per heavy atom. The van der Waals surface area contributed by atoms with Gasteiger partial charge in [-0.3, -0.25) is 4.79 Å².